The molecule has 8 nitrogen and oxygen atoms in total. The molecule has 1 aliphatic rings. The summed E-state index contributed by atoms with van der Waals surface area (Å²) in [5, 5.41) is 11.5. The molecule has 0 aliphatic carbocycles. The van der Waals surface area contributed by atoms with Gasteiger partial charge < -0.3 is 14.7 Å². The second kappa shape index (κ2) is 7.25. The van der Waals surface area contributed by atoms with Gasteiger partial charge in [0.15, 0.2) is 5.82 Å². The summed E-state index contributed by atoms with van der Waals surface area (Å²) in [7, 11) is 1.89. The second-order valence-electron chi connectivity index (χ2n) is 6.78. The number of hydrogen-bond acceptors (Lipinski definition) is 5. The maximum Gasteiger partial charge on any atom is 0.318 e. The van der Waals surface area contributed by atoms with Crippen LogP contribution >= 0.6 is 0 Å². The van der Waals surface area contributed by atoms with E-state index in [4.69, 9.17) is 4.52 Å². The van der Waals surface area contributed by atoms with Gasteiger partial charge in [-0.15, -0.1) is 0 Å². The Morgan fingerprint density at radius 1 is 1.48 bits per heavy atom. The molecule has 1 atom stereocenters. The van der Waals surface area contributed by atoms with Crippen molar-refractivity contribution in [2.75, 3.05) is 6.54 Å². The molecular weight excluding hydrogens is 320 g/mol. The van der Waals surface area contributed by atoms with Crippen molar-refractivity contribution >= 4 is 6.03 Å². The monoisotopic (exact) mass is 346 g/mol. The van der Waals surface area contributed by atoms with Gasteiger partial charge in [-0.05, 0) is 19.3 Å². The van der Waals surface area contributed by atoms with Gasteiger partial charge >= 0.3 is 6.03 Å². The number of carbonyl (C=O) groups excluding carboxylic acids is 1. The molecule has 1 unspecified atom stereocenters. The molecule has 25 heavy (non-hydrogen) atoms. The first kappa shape index (κ1) is 17.4. The smallest absolute Gasteiger partial charge is 0.318 e. The standard InChI is InChI=1S/C17H26N6O2/c1-5-13-12(10-22(4)20-13)9-18-17(24)23-8-6-7-14(23)15-19-16(11(2)3)25-21-15/h10-11,14H,5-9H2,1-4H3,(H,18,24). The quantitative estimate of drug-likeness (QED) is 0.898. The molecule has 3 heterocycles. The fourth-order valence-corrected chi connectivity index (χ4v) is 3.20. The Bertz CT molecular complexity index is 735. The topological polar surface area (TPSA) is 89.1 Å². The Balaban J connectivity index is 1.66. The van der Waals surface area contributed by atoms with Gasteiger partial charge in [0, 0.05) is 37.8 Å². The summed E-state index contributed by atoms with van der Waals surface area (Å²) in [6, 6.07) is -0.208. The van der Waals surface area contributed by atoms with E-state index in [2.05, 4.69) is 27.5 Å². The van der Waals surface area contributed by atoms with Gasteiger partial charge in [0.2, 0.25) is 5.89 Å². The highest BCUT2D eigenvalue weighted by Gasteiger charge is 2.33. The third-order valence-corrected chi connectivity index (χ3v) is 4.52. The summed E-state index contributed by atoms with van der Waals surface area (Å²) in [5.74, 6) is 1.40. The zero-order valence-corrected chi connectivity index (χ0v) is 15.3. The summed E-state index contributed by atoms with van der Waals surface area (Å²) in [5.41, 5.74) is 2.07. The third-order valence-electron chi connectivity index (χ3n) is 4.52. The number of aryl methyl sites for hydroxylation is 2. The molecule has 2 aromatic rings. The normalized spacial score (nSPS) is 17.5. The van der Waals surface area contributed by atoms with E-state index in [1.54, 1.807) is 9.58 Å². The molecule has 2 amide bonds. The van der Waals surface area contributed by atoms with Crippen LogP contribution in [-0.2, 0) is 20.0 Å². The molecular formula is C17H26N6O2. The number of nitrogens with zero attached hydrogens (tertiary/aromatic N) is 5. The highest BCUT2D eigenvalue weighted by Crippen LogP contribution is 2.30. The minimum Gasteiger partial charge on any atom is -0.339 e. The number of carbonyl (C=O) groups is 1. The van der Waals surface area contributed by atoms with E-state index < -0.39 is 0 Å². The van der Waals surface area contributed by atoms with Gasteiger partial charge in [0.1, 0.15) is 0 Å². The Morgan fingerprint density at radius 2 is 2.28 bits per heavy atom. The van der Waals surface area contributed by atoms with Gasteiger partial charge in [-0.3, -0.25) is 4.68 Å². The second-order valence-corrected chi connectivity index (χ2v) is 6.78. The van der Waals surface area contributed by atoms with Crippen molar-refractivity contribution in [1.29, 1.82) is 0 Å². The molecule has 0 bridgehead atoms. The lowest BCUT2D eigenvalue weighted by atomic mass is 10.2. The molecule has 3 rings (SSSR count). The maximum absolute atomic E-state index is 12.7. The van der Waals surface area contributed by atoms with Crippen molar-refractivity contribution in [2.45, 2.75) is 58.5 Å². The average Bonchev–Trinajstić information content (AvgIpc) is 3.30. The van der Waals surface area contributed by atoms with Crippen LogP contribution in [0.4, 0.5) is 4.79 Å². The number of aromatic nitrogens is 4. The number of rotatable bonds is 5. The molecule has 0 aromatic carbocycles. The maximum atomic E-state index is 12.7. The lowest BCUT2D eigenvalue weighted by Gasteiger charge is -2.22. The van der Waals surface area contributed by atoms with Crippen LogP contribution in [0.2, 0.25) is 0 Å². The van der Waals surface area contributed by atoms with Crippen molar-refractivity contribution < 1.29 is 9.32 Å². The van der Waals surface area contributed by atoms with E-state index in [-0.39, 0.29) is 18.0 Å². The van der Waals surface area contributed by atoms with E-state index in [1.165, 1.54) is 0 Å². The molecule has 8 heteroatoms. The van der Waals surface area contributed by atoms with E-state index in [1.807, 2.05) is 27.1 Å². The fourth-order valence-electron chi connectivity index (χ4n) is 3.20. The number of hydrogen-bond donors (Lipinski definition) is 1. The first-order valence-corrected chi connectivity index (χ1v) is 8.89. The predicted octanol–water partition coefficient (Wildman–Crippen LogP) is 2.54. The van der Waals surface area contributed by atoms with Crippen LogP contribution < -0.4 is 5.32 Å². The van der Waals surface area contributed by atoms with Crippen LogP contribution in [0.3, 0.4) is 0 Å². The number of urea groups is 1. The largest absolute Gasteiger partial charge is 0.339 e. The van der Waals surface area contributed by atoms with Gasteiger partial charge in [-0.2, -0.15) is 10.1 Å². The summed E-state index contributed by atoms with van der Waals surface area (Å²) in [4.78, 5) is 18.9. The molecule has 1 fully saturated rings. The van der Waals surface area contributed by atoms with E-state index in [9.17, 15) is 4.79 Å². The van der Waals surface area contributed by atoms with Crippen LogP contribution in [0.25, 0.3) is 0 Å². The minimum atomic E-state index is -0.115. The van der Waals surface area contributed by atoms with Crippen LogP contribution in [0.5, 0.6) is 0 Å². The lowest BCUT2D eigenvalue weighted by Crippen LogP contribution is -2.39. The van der Waals surface area contributed by atoms with Gasteiger partial charge in [-0.1, -0.05) is 25.9 Å². The van der Waals surface area contributed by atoms with Crippen LogP contribution in [-0.4, -0.2) is 37.4 Å². The van der Waals surface area contributed by atoms with E-state index in [0.717, 1.165) is 30.5 Å². The van der Waals surface area contributed by atoms with E-state index in [0.29, 0.717) is 24.8 Å². The molecule has 1 aliphatic heterocycles. The first-order valence-electron chi connectivity index (χ1n) is 8.89. The Kier molecular flexibility index (Phi) is 5.06. The van der Waals surface area contributed by atoms with Gasteiger partial charge in [-0.25, -0.2) is 4.79 Å². The number of nitrogens with one attached hydrogen (secondary N) is 1. The summed E-state index contributed by atoms with van der Waals surface area (Å²) < 4.78 is 7.08. The summed E-state index contributed by atoms with van der Waals surface area (Å²) in [6.07, 6.45) is 4.60. The number of likely N-dealkylation sites (tertiary alicyclic amines) is 1. The van der Waals surface area contributed by atoms with Crippen molar-refractivity contribution in [1.82, 2.24) is 30.1 Å². The molecule has 0 saturated carbocycles. The Labute approximate surface area is 147 Å². The summed E-state index contributed by atoms with van der Waals surface area (Å²) >= 11 is 0. The van der Waals surface area contributed by atoms with Crippen LogP contribution in [0, 0.1) is 0 Å². The highest BCUT2D eigenvalue weighted by molar-refractivity contribution is 5.75. The highest BCUT2D eigenvalue weighted by atomic mass is 16.5. The molecule has 136 valence electrons. The van der Waals surface area contributed by atoms with Crippen molar-refractivity contribution in [3.05, 3.63) is 29.2 Å². The zero-order chi connectivity index (χ0) is 18.0. The number of amides is 2. The van der Waals surface area contributed by atoms with Gasteiger partial charge in [0.25, 0.3) is 0 Å². The SMILES string of the molecule is CCc1nn(C)cc1CNC(=O)N1CCCC1c1noc(C(C)C)n1. The lowest BCUT2D eigenvalue weighted by molar-refractivity contribution is 0.189. The van der Waals surface area contributed by atoms with Crippen LogP contribution in [0.1, 0.15) is 68.5 Å². The fraction of sp³-hybridized carbons (Fsp3) is 0.647. The van der Waals surface area contributed by atoms with Gasteiger partial charge in [0.05, 0.1) is 11.7 Å². The van der Waals surface area contributed by atoms with Crippen LogP contribution in [0.15, 0.2) is 10.7 Å². The molecule has 1 saturated heterocycles. The third kappa shape index (κ3) is 3.67. The van der Waals surface area contributed by atoms with E-state index >= 15 is 0 Å². The molecule has 2 aromatic heterocycles. The zero-order valence-electron chi connectivity index (χ0n) is 15.3. The molecule has 0 spiro atoms. The average molecular weight is 346 g/mol. The van der Waals surface area contributed by atoms with Crippen molar-refractivity contribution in [2.24, 2.45) is 7.05 Å². The van der Waals surface area contributed by atoms with Crippen molar-refractivity contribution in [3.8, 4) is 0 Å². The molecule has 1 N–H and O–H groups in total. The summed E-state index contributed by atoms with van der Waals surface area (Å²) in [6.45, 7) is 7.26. The molecule has 0 radical (unpaired) electrons. The predicted molar refractivity (Wildman–Crippen MR) is 91.9 cm³/mol. The Hall–Kier alpha value is -2.38. The van der Waals surface area contributed by atoms with Crippen molar-refractivity contribution in [3.63, 3.8) is 0 Å². The minimum absolute atomic E-state index is 0.0932. The first-order chi connectivity index (χ1) is 12.0. The Morgan fingerprint density at radius 3 is 2.96 bits per heavy atom.